The number of amides is 1. The Morgan fingerprint density at radius 1 is 1.14 bits per heavy atom. The summed E-state index contributed by atoms with van der Waals surface area (Å²) >= 11 is 6.14. The molecule has 29 heavy (non-hydrogen) atoms. The monoisotopic (exact) mass is 440 g/mol. The first kappa shape index (κ1) is 23.0. The number of halogens is 1. The van der Waals surface area contributed by atoms with Gasteiger partial charge in [0.15, 0.2) is 6.61 Å². The van der Waals surface area contributed by atoms with Gasteiger partial charge >= 0.3 is 0 Å². The van der Waals surface area contributed by atoms with Crippen molar-refractivity contribution in [2.75, 3.05) is 25.6 Å². The van der Waals surface area contributed by atoms with Gasteiger partial charge in [-0.2, -0.15) is 0 Å². The maximum absolute atomic E-state index is 12.3. The van der Waals surface area contributed by atoms with Gasteiger partial charge in [-0.25, -0.2) is 13.1 Å². The molecule has 0 spiro atoms. The number of ether oxygens (including phenoxy) is 2. The Hall–Kier alpha value is -2.29. The molecular weight excluding hydrogens is 416 g/mol. The van der Waals surface area contributed by atoms with Crippen molar-refractivity contribution >= 4 is 33.2 Å². The number of sulfonamides is 1. The number of carbonyl (C=O) groups is 1. The predicted molar refractivity (Wildman–Crippen MR) is 113 cm³/mol. The van der Waals surface area contributed by atoms with Crippen LogP contribution < -0.4 is 19.5 Å². The van der Waals surface area contributed by atoms with Gasteiger partial charge < -0.3 is 14.8 Å². The van der Waals surface area contributed by atoms with Crippen molar-refractivity contribution in [1.29, 1.82) is 0 Å². The van der Waals surface area contributed by atoms with E-state index in [-0.39, 0.29) is 28.2 Å². The number of aryl methyl sites for hydroxylation is 1. The van der Waals surface area contributed by atoms with E-state index in [0.717, 1.165) is 5.56 Å². The van der Waals surface area contributed by atoms with E-state index in [0.29, 0.717) is 18.0 Å². The number of benzene rings is 2. The first-order chi connectivity index (χ1) is 13.6. The van der Waals surface area contributed by atoms with E-state index in [2.05, 4.69) is 10.0 Å². The lowest BCUT2D eigenvalue weighted by Crippen LogP contribution is -2.27. The second-order valence-electron chi connectivity index (χ2n) is 6.88. The Bertz CT molecular complexity index is 977. The summed E-state index contributed by atoms with van der Waals surface area (Å²) in [5.74, 6) is 0.514. The molecule has 0 aliphatic heterocycles. The molecule has 0 fully saturated rings. The highest BCUT2D eigenvalue weighted by atomic mass is 35.5. The number of nitrogens with one attached hydrogen (secondary N) is 2. The first-order valence-corrected chi connectivity index (χ1v) is 10.8. The van der Waals surface area contributed by atoms with E-state index >= 15 is 0 Å². The molecule has 7 nitrogen and oxygen atoms in total. The van der Waals surface area contributed by atoms with Crippen LogP contribution in [0.4, 0.5) is 5.69 Å². The Labute approximate surface area is 176 Å². The number of rotatable bonds is 9. The van der Waals surface area contributed by atoms with Gasteiger partial charge in [0, 0.05) is 6.54 Å². The molecule has 0 aromatic heterocycles. The maximum atomic E-state index is 12.3. The number of hydrogen-bond acceptors (Lipinski definition) is 5. The van der Waals surface area contributed by atoms with Crippen molar-refractivity contribution in [3.63, 3.8) is 0 Å². The molecule has 0 bridgehead atoms. The van der Waals surface area contributed by atoms with Crippen molar-refractivity contribution in [3.8, 4) is 11.5 Å². The number of methoxy groups -OCH3 is 1. The summed E-state index contributed by atoms with van der Waals surface area (Å²) in [5, 5.41) is 2.81. The molecular formula is C20H25ClN2O5S. The van der Waals surface area contributed by atoms with Gasteiger partial charge in [-0.15, -0.1) is 0 Å². The van der Waals surface area contributed by atoms with Crippen LogP contribution >= 0.6 is 11.6 Å². The molecule has 0 aliphatic rings. The van der Waals surface area contributed by atoms with Crippen LogP contribution in [0.15, 0.2) is 41.3 Å². The highest BCUT2D eigenvalue weighted by molar-refractivity contribution is 7.89. The van der Waals surface area contributed by atoms with E-state index in [1.807, 2.05) is 26.8 Å². The predicted octanol–water partition coefficient (Wildman–Crippen LogP) is 3.61. The lowest BCUT2D eigenvalue weighted by atomic mass is 10.2. The van der Waals surface area contributed by atoms with Crippen molar-refractivity contribution in [2.24, 2.45) is 5.92 Å². The SMILES string of the molecule is COc1ccc(C)cc1NC(=O)COc1ccc(S(=O)(=O)NCC(C)C)cc1Cl. The third kappa shape index (κ3) is 6.62. The second kappa shape index (κ2) is 9.96. The van der Waals surface area contributed by atoms with Crippen LogP contribution in [-0.2, 0) is 14.8 Å². The quantitative estimate of drug-likeness (QED) is 0.621. The molecule has 1 amide bonds. The van der Waals surface area contributed by atoms with Gasteiger partial charge in [-0.05, 0) is 48.7 Å². The fourth-order valence-electron chi connectivity index (χ4n) is 2.37. The van der Waals surface area contributed by atoms with Crippen LogP contribution in [0.2, 0.25) is 5.02 Å². The minimum absolute atomic E-state index is 0.0319. The van der Waals surface area contributed by atoms with Gasteiger partial charge in [0.1, 0.15) is 11.5 Å². The van der Waals surface area contributed by atoms with Gasteiger partial charge in [0.25, 0.3) is 5.91 Å². The molecule has 0 saturated carbocycles. The van der Waals surface area contributed by atoms with Crippen LogP contribution in [-0.4, -0.2) is 34.6 Å². The Morgan fingerprint density at radius 2 is 1.83 bits per heavy atom. The summed E-state index contributed by atoms with van der Waals surface area (Å²) in [6, 6.07) is 9.51. The molecule has 0 radical (unpaired) electrons. The lowest BCUT2D eigenvalue weighted by molar-refractivity contribution is -0.118. The number of hydrogen-bond donors (Lipinski definition) is 2. The Balaban J connectivity index is 2.02. The standard InChI is InChI=1S/C20H25ClN2O5S/c1-13(2)11-22-29(25,26)15-6-8-18(16(21)10-15)28-12-20(24)23-17-9-14(3)5-7-19(17)27-4/h5-10,13,22H,11-12H2,1-4H3,(H,23,24). The normalized spacial score (nSPS) is 11.4. The van der Waals surface area contributed by atoms with Crippen molar-refractivity contribution in [2.45, 2.75) is 25.7 Å². The zero-order chi connectivity index (χ0) is 21.6. The largest absolute Gasteiger partial charge is 0.495 e. The summed E-state index contributed by atoms with van der Waals surface area (Å²) in [7, 11) is -2.15. The highest BCUT2D eigenvalue weighted by Gasteiger charge is 2.17. The second-order valence-corrected chi connectivity index (χ2v) is 9.05. The molecule has 0 aliphatic carbocycles. The zero-order valence-corrected chi connectivity index (χ0v) is 18.4. The smallest absolute Gasteiger partial charge is 0.262 e. The van der Waals surface area contributed by atoms with Gasteiger partial charge in [-0.3, -0.25) is 4.79 Å². The molecule has 0 saturated heterocycles. The Kier molecular flexibility index (Phi) is 7.89. The molecule has 2 rings (SSSR count). The molecule has 2 aromatic rings. The van der Waals surface area contributed by atoms with Crippen LogP contribution in [0.5, 0.6) is 11.5 Å². The number of anilines is 1. The fraction of sp³-hybridized carbons (Fsp3) is 0.350. The molecule has 158 valence electrons. The average Bonchev–Trinajstić information content (AvgIpc) is 2.65. The van der Waals surface area contributed by atoms with E-state index in [1.165, 1.54) is 25.3 Å². The van der Waals surface area contributed by atoms with Gasteiger partial charge in [-0.1, -0.05) is 31.5 Å². The molecule has 2 aromatic carbocycles. The fourth-order valence-corrected chi connectivity index (χ4v) is 3.91. The third-order valence-electron chi connectivity index (χ3n) is 3.88. The summed E-state index contributed by atoms with van der Waals surface area (Å²) in [6.45, 7) is 5.74. The van der Waals surface area contributed by atoms with E-state index in [4.69, 9.17) is 21.1 Å². The van der Waals surface area contributed by atoms with E-state index in [9.17, 15) is 13.2 Å². The van der Waals surface area contributed by atoms with Crippen LogP contribution in [0.3, 0.4) is 0 Å². The zero-order valence-electron chi connectivity index (χ0n) is 16.8. The van der Waals surface area contributed by atoms with Crippen LogP contribution in [0.1, 0.15) is 19.4 Å². The Morgan fingerprint density at radius 3 is 2.45 bits per heavy atom. The van der Waals surface area contributed by atoms with E-state index in [1.54, 1.807) is 12.1 Å². The molecule has 0 heterocycles. The summed E-state index contributed by atoms with van der Waals surface area (Å²) in [5.41, 5.74) is 1.50. The van der Waals surface area contributed by atoms with Crippen LogP contribution in [0, 0.1) is 12.8 Å². The van der Waals surface area contributed by atoms with Crippen molar-refractivity contribution < 1.29 is 22.7 Å². The maximum Gasteiger partial charge on any atom is 0.262 e. The molecule has 9 heteroatoms. The summed E-state index contributed by atoms with van der Waals surface area (Å²) in [6.07, 6.45) is 0. The van der Waals surface area contributed by atoms with Crippen molar-refractivity contribution in [1.82, 2.24) is 4.72 Å². The van der Waals surface area contributed by atoms with Gasteiger partial charge in [0.05, 0.1) is 22.7 Å². The van der Waals surface area contributed by atoms with Gasteiger partial charge in [0.2, 0.25) is 10.0 Å². The molecule has 0 unspecified atom stereocenters. The minimum atomic E-state index is -3.66. The van der Waals surface area contributed by atoms with Crippen molar-refractivity contribution in [3.05, 3.63) is 47.0 Å². The van der Waals surface area contributed by atoms with E-state index < -0.39 is 15.9 Å². The third-order valence-corrected chi connectivity index (χ3v) is 5.60. The topological polar surface area (TPSA) is 93.7 Å². The number of carbonyl (C=O) groups excluding carboxylic acids is 1. The lowest BCUT2D eigenvalue weighted by Gasteiger charge is -2.13. The molecule has 0 atom stereocenters. The summed E-state index contributed by atoms with van der Waals surface area (Å²) < 4.78 is 37.7. The molecule has 2 N–H and O–H groups in total. The minimum Gasteiger partial charge on any atom is -0.495 e. The summed E-state index contributed by atoms with van der Waals surface area (Å²) in [4.78, 5) is 12.2. The first-order valence-electron chi connectivity index (χ1n) is 8.99. The van der Waals surface area contributed by atoms with Crippen LogP contribution in [0.25, 0.3) is 0 Å². The average molecular weight is 441 g/mol. The highest BCUT2D eigenvalue weighted by Crippen LogP contribution is 2.28.